The Bertz CT molecular complexity index is 923. The molecule has 21 heavy (non-hydrogen) atoms. The third-order valence-electron chi connectivity index (χ3n) is 3.15. The van der Waals surface area contributed by atoms with E-state index in [0.717, 1.165) is 15.6 Å². The van der Waals surface area contributed by atoms with Gasteiger partial charge in [0.2, 0.25) is 5.82 Å². The molecule has 0 amide bonds. The fourth-order valence-electron chi connectivity index (χ4n) is 2.19. The quantitative estimate of drug-likeness (QED) is 0.611. The molecule has 0 aliphatic carbocycles. The first-order chi connectivity index (χ1) is 10.3. The van der Waals surface area contributed by atoms with E-state index in [0.29, 0.717) is 22.4 Å². The molecule has 0 saturated carbocycles. The second-order valence-corrected chi connectivity index (χ2v) is 5.62. The summed E-state index contributed by atoms with van der Waals surface area (Å²) >= 11 is 1.41. The van der Waals surface area contributed by atoms with Crippen LogP contribution in [-0.4, -0.2) is 15.1 Å². The van der Waals surface area contributed by atoms with Crippen molar-refractivity contribution in [3.63, 3.8) is 0 Å². The van der Waals surface area contributed by atoms with Crippen LogP contribution in [0.5, 0.6) is 0 Å². The van der Waals surface area contributed by atoms with E-state index in [4.69, 9.17) is 10.3 Å². The van der Waals surface area contributed by atoms with Crippen molar-refractivity contribution in [3.8, 4) is 22.3 Å². The number of nitrogen functional groups attached to an aromatic ring is 1. The second kappa shape index (κ2) is 4.68. The number of anilines is 1. The molecule has 0 radical (unpaired) electrons. The largest absolute Gasteiger partial charge is 0.391 e. The number of benzene rings is 1. The first-order valence-electron chi connectivity index (χ1n) is 6.35. The van der Waals surface area contributed by atoms with Gasteiger partial charge in [0.05, 0.1) is 9.88 Å². The second-order valence-electron chi connectivity index (χ2n) is 4.51. The van der Waals surface area contributed by atoms with Gasteiger partial charge < -0.3 is 10.3 Å². The van der Waals surface area contributed by atoms with Crippen LogP contribution in [0, 0.1) is 0 Å². The molecule has 0 fully saturated rings. The van der Waals surface area contributed by atoms with Gasteiger partial charge in [0.25, 0.3) is 5.89 Å². The first-order valence-corrected chi connectivity index (χ1v) is 7.16. The maximum absolute atomic E-state index is 5.72. The van der Waals surface area contributed by atoms with Crippen LogP contribution in [-0.2, 0) is 0 Å². The average molecular weight is 294 g/mol. The molecular weight excluding hydrogens is 284 g/mol. The molecule has 4 aromatic rings. The van der Waals surface area contributed by atoms with E-state index in [2.05, 4.69) is 15.1 Å². The summed E-state index contributed by atoms with van der Waals surface area (Å²) in [4.78, 5) is 9.67. The van der Waals surface area contributed by atoms with Gasteiger partial charge >= 0.3 is 0 Å². The smallest absolute Gasteiger partial charge is 0.268 e. The molecule has 2 N–H and O–H groups in total. The lowest BCUT2D eigenvalue weighted by atomic mass is 10.1. The van der Waals surface area contributed by atoms with Crippen molar-refractivity contribution in [1.29, 1.82) is 0 Å². The SMILES string of the molecule is Nc1ccc(-c2nc(-c3nccc4ccccc34)no2)s1. The van der Waals surface area contributed by atoms with E-state index < -0.39 is 0 Å². The Morgan fingerprint density at radius 3 is 2.81 bits per heavy atom. The van der Waals surface area contributed by atoms with E-state index >= 15 is 0 Å². The minimum Gasteiger partial charge on any atom is -0.391 e. The Morgan fingerprint density at radius 2 is 1.95 bits per heavy atom. The van der Waals surface area contributed by atoms with Gasteiger partial charge in [-0.05, 0) is 23.6 Å². The van der Waals surface area contributed by atoms with E-state index in [9.17, 15) is 0 Å². The van der Waals surface area contributed by atoms with Crippen LogP contribution in [0.2, 0.25) is 0 Å². The molecule has 3 heterocycles. The van der Waals surface area contributed by atoms with Gasteiger partial charge in [-0.25, -0.2) is 0 Å². The molecule has 1 aromatic carbocycles. The Labute approximate surface area is 124 Å². The van der Waals surface area contributed by atoms with Crippen molar-refractivity contribution in [2.75, 3.05) is 5.73 Å². The molecule has 4 rings (SSSR count). The number of hydrogen-bond donors (Lipinski definition) is 1. The fraction of sp³-hybridized carbons (Fsp3) is 0. The molecular formula is C15H10N4OS. The van der Waals surface area contributed by atoms with Crippen LogP contribution in [0.25, 0.3) is 33.1 Å². The van der Waals surface area contributed by atoms with Crippen molar-refractivity contribution < 1.29 is 4.52 Å². The zero-order chi connectivity index (χ0) is 14.2. The number of thiophene rings is 1. The highest BCUT2D eigenvalue weighted by atomic mass is 32.1. The number of nitrogens with zero attached hydrogens (tertiary/aromatic N) is 3. The van der Waals surface area contributed by atoms with Crippen LogP contribution in [0.4, 0.5) is 5.00 Å². The third-order valence-corrected chi connectivity index (χ3v) is 4.05. The molecule has 0 aliphatic rings. The maximum atomic E-state index is 5.72. The van der Waals surface area contributed by atoms with Crippen LogP contribution in [0.1, 0.15) is 0 Å². The number of rotatable bonds is 2. The molecule has 0 unspecified atom stereocenters. The minimum atomic E-state index is 0.460. The summed E-state index contributed by atoms with van der Waals surface area (Å²) in [6.07, 6.45) is 1.75. The number of pyridine rings is 1. The van der Waals surface area contributed by atoms with Crippen molar-refractivity contribution in [2.24, 2.45) is 0 Å². The lowest BCUT2D eigenvalue weighted by Crippen LogP contribution is -1.87. The van der Waals surface area contributed by atoms with Crippen molar-refractivity contribution in [1.82, 2.24) is 15.1 Å². The van der Waals surface area contributed by atoms with Crippen LogP contribution < -0.4 is 5.73 Å². The molecule has 0 saturated heterocycles. The van der Waals surface area contributed by atoms with E-state index in [-0.39, 0.29) is 0 Å². The summed E-state index contributed by atoms with van der Waals surface area (Å²) in [5, 5.41) is 6.85. The molecule has 0 spiro atoms. The molecule has 102 valence electrons. The Hall–Kier alpha value is -2.73. The van der Waals surface area contributed by atoms with Gasteiger partial charge in [-0.2, -0.15) is 4.98 Å². The Kier molecular flexibility index (Phi) is 2.68. The summed E-state index contributed by atoms with van der Waals surface area (Å²) in [7, 11) is 0. The van der Waals surface area contributed by atoms with Gasteiger partial charge in [-0.15, -0.1) is 11.3 Å². The summed E-state index contributed by atoms with van der Waals surface area (Å²) < 4.78 is 5.32. The summed E-state index contributed by atoms with van der Waals surface area (Å²) in [6, 6.07) is 13.6. The van der Waals surface area contributed by atoms with Crippen LogP contribution in [0.15, 0.2) is 53.2 Å². The summed E-state index contributed by atoms with van der Waals surface area (Å²) in [5.74, 6) is 0.940. The monoisotopic (exact) mass is 294 g/mol. The van der Waals surface area contributed by atoms with Crippen molar-refractivity contribution >= 4 is 27.1 Å². The molecule has 0 atom stereocenters. The van der Waals surface area contributed by atoms with Gasteiger partial charge in [0.1, 0.15) is 5.69 Å². The Morgan fingerprint density at radius 1 is 1.05 bits per heavy atom. The van der Waals surface area contributed by atoms with Crippen LogP contribution in [0.3, 0.4) is 0 Å². The van der Waals surface area contributed by atoms with E-state index in [1.165, 1.54) is 11.3 Å². The van der Waals surface area contributed by atoms with E-state index in [1.54, 1.807) is 6.20 Å². The zero-order valence-electron chi connectivity index (χ0n) is 10.9. The standard InChI is InChI=1S/C15H10N4OS/c16-12-6-5-11(21-12)15-18-14(19-20-15)13-10-4-2-1-3-9(10)7-8-17-13/h1-8H,16H2. The number of aromatic nitrogens is 3. The van der Waals surface area contributed by atoms with Gasteiger partial charge in [0.15, 0.2) is 0 Å². The highest BCUT2D eigenvalue weighted by Gasteiger charge is 2.15. The zero-order valence-corrected chi connectivity index (χ0v) is 11.7. The van der Waals surface area contributed by atoms with Gasteiger partial charge in [-0.1, -0.05) is 29.4 Å². The summed E-state index contributed by atoms with van der Waals surface area (Å²) in [5.41, 5.74) is 6.44. The minimum absolute atomic E-state index is 0.460. The predicted octanol–water partition coefficient (Wildman–Crippen LogP) is 3.60. The summed E-state index contributed by atoms with van der Waals surface area (Å²) in [6.45, 7) is 0. The fourth-order valence-corrected chi connectivity index (χ4v) is 2.88. The predicted molar refractivity (Wildman–Crippen MR) is 82.8 cm³/mol. The van der Waals surface area contributed by atoms with E-state index in [1.807, 2.05) is 42.5 Å². The number of hydrogen-bond acceptors (Lipinski definition) is 6. The average Bonchev–Trinajstić information content (AvgIpc) is 3.15. The van der Waals surface area contributed by atoms with Crippen molar-refractivity contribution in [2.45, 2.75) is 0 Å². The first kappa shape index (κ1) is 12.0. The normalized spacial score (nSPS) is 11.0. The lowest BCUT2D eigenvalue weighted by Gasteiger charge is -2.00. The highest BCUT2D eigenvalue weighted by molar-refractivity contribution is 7.19. The topological polar surface area (TPSA) is 77.8 Å². The molecule has 0 bridgehead atoms. The van der Waals surface area contributed by atoms with Gasteiger partial charge in [0, 0.05) is 11.6 Å². The molecule has 6 heteroatoms. The molecule has 0 aliphatic heterocycles. The Balaban J connectivity index is 1.85. The molecule has 3 aromatic heterocycles. The maximum Gasteiger partial charge on any atom is 0.268 e. The van der Waals surface area contributed by atoms with Crippen LogP contribution >= 0.6 is 11.3 Å². The number of nitrogens with two attached hydrogens (primary N) is 1. The lowest BCUT2D eigenvalue weighted by molar-refractivity contribution is 0.433. The number of fused-ring (bicyclic) bond motifs is 1. The highest BCUT2D eigenvalue weighted by Crippen LogP contribution is 2.30. The molecule has 5 nitrogen and oxygen atoms in total. The van der Waals surface area contributed by atoms with Gasteiger partial charge in [-0.3, -0.25) is 4.98 Å². The van der Waals surface area contributed by atoms with Crippen molar-refractivity contribution in [3.05, 3.63) is 48.7 Å². The third kappa shape index (κ3) is 2.05.